The first-order chi connectivity index (χ1) is 10.3. The quantitative estimate of drug-likeness (QED) is 0.555. The summed E-state index contributed by atoms with van der Waals surface area (Å²) in [5.74, 6) is 0.0565. The van der Waals surface area contributed by atoms with Crippen molar-refractivity contribution in [3.63, 3.8) is 0 Å². The van der Waals surface area contributed by atoms with Crippen molar-refractivity contribution in [3.05, 3.63) is 10.6 Å². The third-order valence-corrected chi connectivity index (χ3v) is 12.5. The Morgan fingerprint density at radius 2 is 1.00 bits per heavy atom. The molecule has 122 valence electrons. The van der Waals surface area contributed by atoms with E-state index in [1.807, 2.05) is 0 Å². The molecule has 2 saturated heterocycles. The van der Waals surface area contributed by atoms with Gasteiger partial charge in [0.1, 0.15) is 0 Å². The van der Waals surface area contributed by atoms with E-state index < -0.39 is 15.8 Å². The maximum atomic E-state index is 12.8. The minimum absolute atomic E-state index is 0.0283. The second kappa shape index (κ2) is 5.99. The van der Waals surface area contributed by atoms with Crippen LogP contribution in [0.15, 0.2) is 10.6 Å². The maximum absolute atomic E-state index is 12.8. The zero-order valence-corrected chi connectivity index (χ0v) is 16.1. The molecule has 0 spiro atoms. The predicted octanol–water partition coefficient (Wildman–Crippen LogP) is 4.30. The van der Waals surface area contributed by atoms with Crippen LogP contribution in [0.2, 0.25) is 0 Å². The lowest BCUT2D eigenvalue weighted by Crippen LogP contribution is -2.27. The van der Waals surface area contributed by atoms with Crippen LogP contribution in [0, 0.1) is 0 Å². The summed E-state index contributed by atoms with van der Waals surface area (Å²) in [6.45, 7) is 9.13. The molecule has 0 radical (unpaired) electrons. The van der Waals surface area contributed by atoms with Crippen LogP contribution >= 0.6 is 15.8 Å². The van der Waals surface area contributed by atoms with Gasteiger partial charge in [0.25, 0.3) is 11.8 Å². The molecular weight excluding hydrogens is 312 g/mol. The van der Waals surface area contributed by atoms with Crippen LogP contribution in [0.3, 0.4) is 0 Å². The van der Waals surface area contributed by atoms with Gasteiger partial charge in [0, 0.05) is 7.05 Å². The summed E-state index contributed by atoms with van der Waals surface area (Å²) >= 11 is 0. The number of rotatable bonds is 2. The van der Waals surface area contributed by atoms with Crippen LogP contribution in [0.1, 0.15) is 53.4 Å². The summed E-state index contributed by atoms with van der Waals surface area (Å²) in [5, 5.41) is 1.96. The second-order valence-electron chi connectivity index (χ2n) is 7.23. The average molecular weight is 339 g/mol. The van der Waals surface area contributed by atoms with Gasteiger partial charge in [-0.1, -0.05) is 43.5 Å². The van der Waals surface area contributed by atoms with Crippen LogP contribution in [-0.4, -0.2) is 46.4 Å². The highest BCUT2D eigenvalue weighted by atomic mass is 31.1. The highest BCUT2D eigenvalue weighted by Crippen LogP contribution is 2.70. The highest BCUT2D eigenvalue weighted by molar-refractivity contribution is 7.70. The number of carbonyl (C=O) groups excluding carboxylic acids is 2. The van der Waals surface area contributed by atoms with Crippen LogP contribution in [0.4, 0.5) is 0 Å². The van der Waals surface area contributed by atoms with E-state index in [1.54, 1.807) is 7.05 Å². The zero-order chi connectivity index (χ0) is 16.2. The standard InChI is InChI=1S/C17H27NO2P2/c1-10-6-7-11(2)21(10)14-15(17(20)18(5)16(14)19)22-12(3)8-9-13(22)4/h10-13H,6-9H2,1-5H3. The van der Waals surface area contributed by atoms with E-state index in [0.29, 0.717) is 22.6 Å². The maximum Gasteiger partial charge on any atom is 0.261 e. The molecule has 0 aromatic heterocycles. The second-order valence-corrected chi connectivity index (χ2v) is 13.3. The van der Waals surface area contributed by atoms with Crippen molar-refractivity contribution < 1.29 is 9.59 Å². The first-order valence-electron chi connectivity index (χ1n) is 8.48. The Bertz CT molecular complexity index is 479. The SMILES string of the molecule is CC1CCC(C)P1C1=C(P2C(C)CCC2C)C(=O)N(C)C1=O. The smallest absolute Gasteiger partial charge is 0.261 e. The first-order valence-corrected chi connectivity index (χ1v) is 11.4. The van der Waals surface area contributed by atoms with Gasteiger partial charge < -0.3 is 0 Å². The number of nitrogens with zero attached hydrogens (tertiary/aromatic N) is 1. The van der Waals surface area contributed by atoms with Crippen LogP contribution in [0.5, 0.6) is 0 Å². The number of amides is 2. The van der Waals surface area contributed by atoms with E-state index in [-0.39, 0.29) is 11.8 Å². The molecule has 0 aliphatic carbocycles. The Morgan fingerprint density at radius 1 is 0.727 bits per heavy atom. The van der Waals surface area contributed by atoms with Gasteiger partial charge in [-0.25, -0.2) is 0 Å². The van der Waals surface area contributed by atoms with Gasteiger partial charge in [0.05, 0.1) is 10.6 Å². The van der Waals surface area contributed by atoms with Crippen molar-refractivity contribution in [2.75, 3.05) is 7.05 Å². The van der Waals surface area contributed by atoms with Gasteiger partial charge in [-0.05, 0) is 48.3 Å². The molecule has 0 aromatic carbocycles. The largest absolute Gasteiger partial charge is 0.277 e. The van der Waals surface area contributed by atoms with E-state index in [0.717, 1.165) is 10.6 Å². The summed E-state index contributed by atoms with van der Waals surface area (Å²) in [4.78, 5) is 27.1. The van der Waals surface area contributed by atoms with E-state index >= 15 is 0 Å². The third kappa shape index (κ3) is 2.40. The molecule has 5 heteroatoms. The van der Waals surface area contributed by atoms with Gasteiger partial charge >= 0.3 is 0 Å². The van der Waals surface area contributed by atoms with Gasteiger partial charge in [-0.15, -0.1) is 0 Å². The molecule has 4 atom stereocenters. The Labute approximate surface area is 136 Å². The fourth-order valence-corrected chi connectivity index (χ4v) is 11.7. The molecule has 0 aromatic rings. The summed E-state index contributed by atoms with van der Waals surface area (Å²) < 4.78 is 0. The minimum atomic E-state index is -0.471. The van der Waals surface area contributed by atoms with Gasteiger partial charge in [-0.3, -0.25) is 14.5 Å². The summed E-state index contributed by atoms with van der Waals surface area (Å²) in [6, 6.07) is 0. The molecule has 0 bridgehead atoms. The van der Waals surface area contributed by atoms with Gasteiger partial charge in [-0.2, -0.15) is 0 Å². The normalized spacial score (nSPS) is 42.9. The Morgan fingerprint density at radius 3 is 1.27 bits per heavy atom. The molecule has 2 amide bonds. The van der Waals surface area contributed by atoms with Crippen molar-refractivity contribution in [1.82, 2.24) is 4.90 Å². The molecular formula is C17H27NO2P2. The Hall–Kier alpha value is -0.260. The monoisotopic (exact) mass is 339 g/mol. The molecule has 3 aliphatic heterocycles. The molecule has 0 saturated carbocycles. The minimum Gasteiger partial charge on any atom is -0.277 e. The van der Waals surface area contributed by atoms with Crippen molar-refractivity contribution in [2.24, 2.45) is 0 Å². The van der Waals surface area contributed by atoms with Gasteiger partial charge in [0.2, 0.25) is 0 Å². The van der Waals surface area contributed by atoms with Gasteiger partial charge in [0.15, 0.2) is 0 Å². The van der Waals surface area contributed by atoms with Crippen molar-refractivity contribution in [3.8, 4) is 0 Å². The van der Waals surface area contributed by atoms with Crippen molar-refractivity contribution in [1.29, 1.82) is 0 Å². The Balaban J connectivity index is 2.11. The molecule has 4 unspecified atom stereocenters. The lowest BCUT2D eigenvalue weighted by Gasteiger charge is -2.26. The number of imide groups is 1. The van der Waals surface area contributed by atoms with Crippen LogP contribution in [0.25, 0.3) is 0 Å². The number of hydrogen-bond acceptors (Lipinski definition) is 2. The van der Waals surface area contributed by atoms with E-state index in [4.69, 9.17) is 0 Å². The van der Waals surface area contributed by atoms with Crippen molar-refractivity contribution >= 4 is 27.7 Å². The summed E-state index contributed by atoms with van der Waals surface area (Å²) in [7, 11) is 0.738. The van der Waals surface area contributed by atoms with E-state index in [9.17, 15) is 9.59 Å². The Kier molecular flexibility index (Phi) is 4.52. The first kappa shape index (κ1) is 16.6. The predicted molar refractivity (Wildman–Crippen MR) is 95.0 cm³/mol. The molecule has 3 nitrogen and oxygen atoms in total. The molecule has 0 N–H and O–H groups in total. The summed E-state index contributed by atoms with van der Waals surface area (Å²) in [6.07, 6.45) is 4.82. The van der Waals surface area contributed by atoms with Crippen LogP contribution < -0.4 is 0 Å². The fraction of sp³-hybridized carbons (Fsp3) is 0.765. The average Bonchev–Trinajstić information content (AvgIpc) is 3.04. The lowest BCUT2D eigenvalue weighted by molar-refractivity contribution is -0.135. The highest BCUT2D eigenvalue weighted by Gasteiger charge is 2.49. The molecule has 22 heavy (non-hydrogen) atoms. The number of likely N-dealkylation sites (N-methyl/N-ethyl adjacent to an activating group) is 1. The fourth-order valence-electron chi connectivity index (χ4n) is 4.35. The molecule has 3 rings (SSSR count). The molecule has 3 heterocycles. The zero-order valence-electron chi connectivity index (χ0n) is 14.3. The molecule has 3 aliphatic rings. The lowest BCUT2D eigenvalue weighted by atomic mass is 10.2. The molecule has 2 fully saturated rings. The van der Waals surface area contributed by atoms with E-state index in [2.05, 4.69) is 27.7 Å². The van der Waals surface area contributed by atoms with Crippen molar-refractivity contribution in [2.45, 2.75) is 76.0 Å². The third-order valence-electron chi connectivity index (χ3n) is 5.66. The number of carbonyl (C=O) groups is 2. The van der Waals surface area contributed by atoms with E-state index in [1.165, 1.54) is 30.6 Å². The topological polar surface area (TPSA) is 37.4 Å². The summed E-state index contributed by atoms with van der Waals surface area (Å²) in [5.41, 5.74) is 2.34. The van der Waals surface area contributed by atoms with Crippen LogP contribution in [-0.2, 0) is 9.59 Å². The number of hydrogen-bond donors (Lipinski definition) is 0.